The van der Waals surface area contributed by atoms with Gasteiger partial charge in [-0.25, -0.2) is 8.42 Å². The van der Waals surface area contributed by atoms with Crippen molar-refractivity contribution in [2.45, 2.75) is 4.90 Å². The highest BCUT2D eigenvalue weighted by atomic mass is 79.9. The Morgan fingerprint density at radius 3 is 2.33 bits per heavy atom. The molecule has 2 aromatic carbocycles. The van der Waals surface area contributed by atoms with E-state index in [1.165, 1.54) is 4.31 Å². The van der Waals surface area contributed by atoms with Crippen molar-refractivity contribution in [1.29, 1.82) is 0 Å². The highest BCUT2D eigenvalue weighted by molar-refractivity contribution is 9.11. The number of nitrogens with zero attached hydrogens (tertiary/aromatic N) is 2. The van der Waals surface area contributed by atoms with E-state index in [9.17, 15) is 8.42 Å². The van der Waals surface area contributed by atoms with E-state index in [4.69, 9.17) is 11.6 Å². The summed E-state index contributed by atoms with van der Waals surface area (Å²) in [6.45, 7) is 2.14. The predicted molar refractivity (Wildman–Crippen MR) is 104 cm³/mol. The molecule has 0 aromatic heterocycles. The Morgan fingerprint density at radius 2 is 1.67 bits per heavy atom. The summed E-state index contributed by atoms with van der Waals surface area (Å²) in [5, 5.41) is 0.681. The van der Waals surface area contributed by atoms with E-state index >= 15 is 0 Å². The van der Waals surface area contributed by atoms with Crippen molar-refractivity contribution < 1.29 is 8.42 Å². The molecule has 0 aliphatic carbocycles. The van der Waals surface area contributed by atoms with E-state index in [1.54, 1.807) is 18.2 Å². The molecule has 0 saturated carbocycles. The van der Waals surface area contributed by atoms with Crippen LogP contribution in [0.4, 0.5) is 5.69 Å². The Bertz CT molecular complexity index is 853. The third-order valence-electron chi connectivity index (χ3n) is 3.92. The van der Waals surface area contributed by atoms with Crippen molar-refractivity contribution in [3.63, 3.8) is 0 Å². The molecule has 0 N–H and O–H groups in total. The first-order valence-corrected chi connectivity index (χ1v) is 10.7. The van der Waals surface area contributed by atoms with Crippen LogP contribution >= 0.6 is 43.5 Å². The molecule has 0 amide bonds. The Balaban J connectivity index is 1.77. The first-order valence-electron chi connectivity index (χ1n) is 7.33. The molecule has 1 aliphatic heterocycles. The van der Waals surface area contributed by atoms with Crippen molar-refractivity contribution in [2.24, 2.45) is 0 Å². The fraction of sp³-hybridized carbons (Fsp3) is 0.250. The zero-order valence-electron chi connectivity index (χ0n) is 12.6. The minimum atomic E-state index is -3.53. The number of hydrogen-bond acceptors (Lipinski definition) is 3. The number of sulfonamides is 1. The third kappa shape index (κ3) is 3.80. The van der Waals surface area contributed by atoms with Crippen LogP contribution in [0.5, 0.6) is 0 Å². The standard InChI is InChI=1S/C16H15Br2ClN2O2S/c17-12-4-5-15(18)16(10-12)24(22,23)21-8-6-20(7-9-21)14-3-1-2-13(19)11-14/h1-5,10-11H,6-9H2. The first kappa shape index (κ1) is 18.2. The average molecular weight is 495 g/mol. The molecule has 1 fully saturated rings. The molecule has 4 nitrogen and oxygen atoms in total. The van der Waals surface area contributed by atoms with E-state index in [-0.39, 0.29) is 4.90 Å². The molecular formula is C16H15Br2ClN2O2S. The summed E-state index contributed by atoms with van der Waals surface area (Å²) in [5.41, 5.74) is 1.02. The van der Waals surface area contributed by atoms with Crippen LogP contribution in [-0.4, -0.2) is 38.9 Å². The van der Waals surface area contributed by atoms with Gasteiger partial charge in [-0.2, -0.15) is 4.31 Å². The van der Waals surface area contributed by atoms with Gasteiger partial charge in [-0.05, 0) is 52.3 Å². The van der Waals surface area contributed by atoms with Gasteiger partial charge in [-0.3, -0.25) is 0 Å². The van der Waals surface area contributed by atoms with Crippen LogP contribution in [0.3, 0.4) is 0 Å². The second kappa shape index (κ2) is 7.33. The zero-order valence-corrected chi connectivity index (χ0v) is 17.4. The van der Waals surface area contributed by atoms with E-state index in [1.807, 2.05) is 24.3 Å². The Morgan fingerprint density at radius 1 is 0.958 bits per heavy atom. The van der Waals surface area contributed by atoms with Gasteiger partial charge >= 0.3 is 0 Å². The lowest BCUT2D eigenvalue weighted by atomic mass is 10.2. The highest BCUT2D eigenvalue weighted by Crippen LogP contribution is 2.29. The van der Waals surface area contributed by atoms with E-state index < -0.39 is 10.0 Å². The zero-order chi connectivity index (χ0) is 17.3. The molecule has 2 aromatic rings. The summed E-state index contributed by atoms with van der Waals surface area (Å²) < 4.78 is 28.6. The summed E-state index contributed by atoms with van der Waals surface area (Å²) in [4.78, 5) is 2.43. The Hall–Kier alpha value is -0.600. The lowest BCUT2D eigenvalue weighted by Crippen LogP contribution is -2.48. The molecule has 1 aliphatic rings. The molecular weight excluding hydrogens is 480 g/mol. The molecule has 1 heterocycles. The third-order valence-corrected chi connectivity index (χ3v) is 7.54. The van der Waals surface area contributed by atoms with Crippen LogP contribution in [0.15, 0.2) is 56.3 Å². The number of rotatable bonds is 3. The normalized spacial score (nSPS) is 16.4. The number of benzene rings is 2. The first-order chi connectivity index (χ1) is 11.4. The fourth-order valence-electron chi connectivity index (χ4n) is 2.67. The number of hydrogen-bond donors (Lipinski definition) is 0. The molecule has 0 radical (unpaired) electrons. The maximum Gasteiger partial charge on any atom is 0.244 e. The lowest BCUT2D eigenvalue weighted by molar-refractivity contribution is 0.384. The SMILES string of the molecule is O=S(=O)(c1cc(Br)ccc1Br)N1CCN(c2cccc(Cl)c2)CC1. The lowest BCUT2D eigenvalue weighted by Gasteiger charge is -2.35. The minimum Gasteiger partial charge on any atom is -0.369 e. The van der Waals surface area contributed by atoms with Crippen LogP contribution < -0.4 is 4.90 Å². The summed E-state index contributed by atoms with van der Waals surface area (Å²) >= 11 is 12.7. The second-order valence-corrected chi connectivity index (χ2v) is 9.56. The monoisotopic (exact) mass is 492 g/mol. The molecule has 0 atom stereocenters. The fourth-order valence-corrected chi connectivity index (χ4v) is 5.74. The van der Waals surface area contributed by atoms with Gasteiger partial charge in [-0.1, -0.05) is 33.6 Å². The quantitative estimate of drug-likeness (QED) is 0.636. The van der Waals surface area contributed by atoms with Crippen LogP contribution in [0, 0.1) is 0 Å². The topological polar surface area (TPSA) is 40.6 Å². The maximum atomic E-state index is 12.9. The van der Waals surface area contributed by atoms with Crippen molar-refractivity contribution in [3.05, 3.63) is 56.4 Å². The van der Waals surface area contributed by atoms with Crippen LogP contribution in [0.1, 0.15) is 0 Å². The van der Waals surface area contributed by atoms with E-state index in [0.29, 0.717) is 35.7 Å². The summed E-state index contributed by atoms with van der Waals surface area (Å²) in [6.07, 6.45) is 0. The van der Waals surface area contributed by atoms with Crippen molar-refractivity contribution >= 4 is 59.2 Å². The van der Waals surface area contributed by atoms with Gasteiger partial charge in [0, 0.05) is 45.8 Å². The number of halogens is 3. The summed E-state index contributed by atoms with van der Waals surface area (Å²) in [7, 11) is -3.53. The highest BCUT2D eigenvalue weighted by Gasteiger charge is 2.30. The van der Waals surface area contributed by atoms with Gasteiger partial charge in [0.2, 0.25) is 10.0 Å². The van der Waals surface area contributed by atoms with Gasteiger partial charge in [0.25, 0.3) is 0 Å². The molecule has 1 saturated heterocycles. The number of piperazine rings is 1. The Kier molecular flexibility index (Phi) is 5.56. The van der Waals surface area contributed by atoms with Crippen molar-refractivity contribution in [3.8, 4) is 0 Å². The van der Waals surface area contributed by atoms with Crippen LogP contribution in [0.2, 0.25) is 5.02 Å². The molecule has 128 valence electrons. The molecule has 8 heteroatoms. The second-order valence-electron chi connectivity index (χ2n) is 5.45. The van der Waals surface area contributed by atoms with Gasteiger partial charge in [-0.15, -0.1) is 0 Å². The van der Waals surface area contributed by atoms with Crippen molar-refractivity contribution in [2.75, 3.05) is 31.1 Å². The molecule has 24 heavy (non-hydrogen) atoms. The van der Waals surface area contributed by atoms with Crippen LogP contribution in [0.25, 0.3) is 0 Å². The Labute approximate surface area is 163 Å². The average Bonchev–Trinajstić information content (AvgIpc) is 2.57. The molecule has 0 unspecified atom stereocenters. The van der Waals surface area contributed by atoms with Gasteiger partial charge in [0.05, 0.1) is 4.90 Å². The van der Waals surface area contributed by atoms with Crippen molar-refractivity contribution in [1.82, 2.24) is 4.31 Å². The molecule has 0 bridgehead atoms. The molecule has 0 spiro atoms. The van der Waals surface area contributed by atoms with Crippen LogP contribution in [-0.2, 0) is 10.0 Å². The summed E-state index contributed by atoms with van der Waals surface area (Å²) in [5.74, 6) is 0. The minimum absolute atomic E-state index is 0.285. The number of anilines is 1. The van der Waals surface area contributed by atoms with Gasteiger partial charge in [0.1, 0.15) is 0 Å². The molecule has 3 rings (SSSR count). The van der Waals surface area contributed by atoms with E-state index in [0.717, 1.165) is 10.2 Å². The maximum absolute atomic E-state index is 12.9. The largest absolute Gasteiger partial charge is 0.369 e. The predicted octanol–water partition coefficient (Wildman–Crippen LogP) is 4.38. The summed E-state index contributed by atoms with van der Waals surface area (Å²) in [6, 6.07) is 12.8. The van der Waals surface area contributed by atoms with Gasteiger partial charge < -0.3 is 4.90 Å². The van der Waals surface area contributed by atoms with E-state index in [2.05, 4.69) is 36.8 Å². The smallest absolute Gasteiger partial charge is 0.244 e. The van der Waals surface area contributed by atoms with Gasteiger partial charge in [0.15, 0.2) is 0 Å².